The van der Waals surface area contributed by atoms with E-state index in [4.69, 9.17) is 5.41 Å². The summed E-state index contributed by atoms with van der Waals surface area (Å²) in [5, 5.41) is 20.5. The van der Waals surface area contributed by atoms with E-state index in [0.29, 0.717) is 42.2 Å². The highest BCUT2D eigenvalue weighted by molar-refractivity contribution is 6.07. The van der Waals surface area contributed by atoms with E-state index < -0.39 is 6.36 Å². The topological polar surface area (TPSA) is 98.5 Å². The lowest BCUT2D eigenvalue weighted by Crippen LogP contribution is -2.24. The van der Waals surface area contributed by atoms with Gasteiger partial charge in [-0.3, -0.25) is 4.79 Å². The standard InChI is InChI=1S/C18H21F3N4O2.C6H10O/c1-3-14(22)16-15(25(2)10-11-26)8-9-23-17(16)24-12-4-6-13(7-5-12)27-18(19,20)21;1-3-5-6(7)4-2/h4-9,22,26H,3,10-11H2,1-2H3,(H,23,24);4H,2-3,5H2,1H3. The number of hydrogen-bond acceptors (Lipinski definition) is 7. The molecular formula is C24H31F3N4O3. The second-order valence-corrected chi connectivity index (χ2v) is 7.15. The monoisotopic (exact) mass is 480 g/mol. The molecule has 2 rings (SSSR count). The first-order valence-corrected chi connectivity index (χ1v) is 10.7. The Labute approximate surface area is 197 Å². The number of aliphatic hydroxyl groups excluding tert-OH is 1. The fourth-order valence-electron chi connectivity index (χ4n) is 2.83. The summed E-state index contributed by atoms with van der Waals surface area (Å²) < 4.78 is 40.6. The number of alkyl halides is 3. The summed E-state index contributed by atoms with van der Waals surface area (Å²) >= 11 is 0. The second-order valence-electron chi connectivity index (χ2n) is 7.15. The molecule has 1 heterocycles. The molecule has 186 valence electrons. The number of aliphatic hydroxyl groups is 1. The van der Waals surface area contributed by atoms with Gasteiger partial charge in [0.25, 0.3) is 0 Å². The summed E-state index contributed by atoms with van der Waals surface area (Å²) in [6, 6.07) is 7.02. The molecule has 0 aliphatic rings. The van der Waals surface area contributed by atoms with Gasteiger partial charge in [-0.15, -0.1) is 13.2 Å². The Morgan fingerprint density at radius 1 is 1.26 bits per heavy atom. The van der Waals surface area contributed by atoms with E-state index in [0.717, 1.165) is 12.1 Å². The molecule has 0 atom stereocenters. The number of aromatic nitrogens is 1. The lowest BCUT2D eigenvalue weighted by Gasteiger charge is -2.23. The minimum Gasteiger partial charge on any atom is -0.406 e. The predicted octanol–water partition coefficient (Wildman–Crippen LogP) is 5.47. The molecule has 0 radical (unpaired) electrons. The van der Waals surface area contributed by atoms with Crippen LogP contribution in [-0.2, 0) is 4.79 Å². The molecule has 0 spiro atoms. The van der Waals surface area contributed by atoms with Crippen LogP contribution in [0.5, 0.6) is 5.75 Å². The minimum atomic E-state index is -4.74. The maximum Gasteiger partial charge on any atom is 0.573 e. The minimum absolute atomic E-state index is 0.0405. The first kappa shape index (κ1) is 28.6. The summed E-state index contributed by atoms with van der Waals surface area (Å²) in [7, 11) is 1.80. The van der Waals surface area contributed by atoms with Crippen LogP contribution in [0.1, 0.15) is 38.7 Å². The van der Waals surface area contributed by atoms with Crippen molar-refractivity contribution in [2.45, 2.75) is 39.5 Å². The SMILES string of the molecule is C=CC(=O)CCC.CCC(=N)c1c(N(C)CCO)ccnc1Nc1ccc(OC(F)(F)F)cc1. The highest BCUT2D eigenvalue weighted by atomic mass is 19.4. The molecule has 0 unspecified atom stereocenters. The van der Waals surface area contributed by atoms with Crippen LogP contribution < -0.4 is 15.0 Å². The third-order valence-electron chi connectivity index (χ3n) is 4.51. The molecule has 34 heavy (non-hydrogen) atoms. The number of carbonyl (C=O) groups is 1. The van der Waals surface area contributed by atoms with Gasteiger partial charge in [-0.2, -0.15) is 0 Å². The number of ether oxygens (including phenoxy) is 1. The van der Waals surface area contributed by atoms with Crippen molar-refractivity contribution in [1.29, 1.82) is 5.41 Å². The van der Waals surface area contributed by atoms with Gasteiger partial charge in [0.05, 0.1) is 17.9 Å². The second kappa shape index (κ2) is 14.0. The molecule has 0 saturated heterocycles. The number of carbonyl (C=O) groups excluding carboxylic acids is 1. The number of anilines is 3. The Morgan fingerprint density at radius 3 is 2.38 bits per heavy atom. The molecule has 3 N–H and O–H groups in total. The van der Waals surface area contributed by atoms with Crippen LogP contribution in [0.15, 0.2) is 49.2 Å². The first-order chi connectivity index (χ1) is 16.1. The zero-order valence-corrected chi connectivity index (χ0v) is 19.6. The van der Waals surface area contributed by atoms with Gasteiger partial charge in [0.15, 0.2) is 5.78 Å². The molecule has 0 saturated carbocycles. The van der Waals surface area contributed by atoms with E-state index in [2.05, 4.69) is 21.6 Å². The Morgan fingerprint density at radius 2 is 1.91 bits per heavy atom. The smallest absolute Gasteiger partial charge is 0.406 e. The Kier molecular flexibility index (Phi) is 11.8. The van der Waals surface area contributed by atoms with Crippen LogP contribution >= 0.6 is 0 Å². The van der Waals surface area contributed by atoms with Gasteiger partial charge in [-0.05, 0) is 49.2 Å². The van der Waals surface area contributed by atoms with Crippen molar-refractivity contribution < 1.29 is 27.8 Å². The first-order valence-electron chi connectivity index (χ1n) is 10.7. The number of likely N-dealkylation sites (N-methyl/N-ethyl adjacent to an activating group) is 1. The van der Waals surface area contributed by atoms with E-state index in [1.807, 2.05) is 18.7 Å². The van der Waals surface area contributed by atoms with E-state index in [-0.39, 0.29) is 18.1 Å². The van der Waals surface area contributed by atoms with Crippen molar-refractivity contribution in [1.82, 2.24) is 4.98 Å². The maximum atomic E-state index is 12.3. The fourth-order valence-corrected chi connectivity index (χ4v) is 2.83. The van der Waals surface area contributed by atoms with E-state index in [1.165, 1.54) is 30.3 Å². The van der Waals surface area contributed by atoms with Crippen LogP contribution in [0.3, 0.4) is 0 Å². The van der Waals surface area contributed by atoms with Crippen LogP contribution in [0.2, 0.25) is 0 Å². The number of halogens is 3. The fraction of sp³-hybridized carbons (Fsp3) is 0.375. The lowest BCUT2D eigenvalue weighted by molar-refractivity contribution is -0.274. The molecule has 7 nitrogen and oxygen atoms in total. The molecule has 0 fully saturated rings. The number of benzene rings is 1. The number of nitrogens with one attached hydrogen (secondary N) is 2. The van der Waals surface area contributed by atoms with Gasteiger partial charge in [0, 0.05) is 37.6 Å². The van der Waals surface area contributed by atoms with Crippen molar-refractivity contribution in [3.05, 3.63) is 54.7 Å². The average Bonchev–Trinajstić information content (AvgIpc) is 2.79. The zero-order chi connectivity index (χ0) is 25.7. The van der Waals surface area contributed by atoms with Gasteiger partial charge in [-0.1, -0.05) is 20.4 Å². The van der Waals surface area contributed by atoms with Crippen molar-refractivity contribution in [3.8, 4) is 5.75 Å². The number of hydrogen-bond donors (Lipinski definition) is 3. The zero-order valence-electron chi connectivity index (χ0n) is 19.6. The molecule has 10 heteroatoms. The van der Waals surface area contributed by atoms with Crippen LogP contribution in [0.25, 0.3) is 0 Å². The molecule has 0 bridgehead atoms. The van der Waals surface area contributed by atoms with Gasteiger partial charge < -0.3 is 25.5 Å². The van der Waals surface area contributed by atoms with Gasteiger partial charge in [0.1, 0.15) is 11.6 Å². The summed E-state index contributed by atoms with van der Waals surface area (Å²) in [5.41, 5.74) is 2.16. The molecular weight excluding hydrogens is 449 g/mol. The molecule has 1 aromatic carbocycles. The molecule has 2 aromatic rings. The van der Waals surface area contributed by atoms with E-state index in [1.54, 1.807) is 19.3 Å². The highest BCUT2D eigenvalue weighted by Gasteiger charge is 2.31. The van der Waals surface area contributed by atoms with Crippen molar-refractivity contribution in [2.75, 3.05) is 30.4 Å². The number of allylic oxidation sites excluding steroid dienone is 1. The van der Waals surface area contributed by atoms with E-state index >= 15 is 0 Å². The molecule has 1 aromatic heterocycles. The molecule has 0 aliphatic carbocycles. The van der Waals surface area contributed by atoms with Crippen LogP contribution in [0, 0.1) is 5.41 Å². The molecule has 0 aliphatic heterocycles. The molecule has 0 amide bonds. The van der Waals surface area contributed by atoms with Gasteiger partial charge >= 0.3 is 6.36 Å². The third kappa shape index (κ3) is 9.62. The van der Waals surface area contributed by atoms with Crippen molar-refractivity contribution >= 4 is 28.7 Å². The van der Waals surface area contributed by atoms with E-state index in [9.17, 15) is 23.1 Å². The quantitative estimate of drug-likeness (QED) is 0.291. The van der Waals surface area contributed by atoms with Gasteiger partial charge in [0.2, 0.25) is 0 Å². The lowest BCUT2D eigenvalue weighted by atomic mass is 10.1. The normalized spacial score (nSPS) is 10.6. The summed E-state index contributed by atoms with van der Waals surface area (Å²) in [4.78, 5) is 16.4. The Hall–Kier alpha value is -3.40. The summed E-state index contributed by atoms with van der Waals surface area (Å²) in [6.07, 6.45) is 0.223. The number of rotatable bonds is 11. The summed E-state index contributed by atoms with van der Waals surface area (Å²) in [6.45, 7) is 7.49. The summed E-state index contributed by atoms with van der Waals surface area (Å²) in [5.74, 6) is 0.232. The largest absolute Gasteiger partial charge is 0.573 e. The predicted molar refractivity (Wildman–Crippen MR) is 128 cm³/mol. The van der Waals surface area contributed by atoms with Crippen LogP contribution in [0.4, 0.5) is 30.4 Å². The van der Waals surface area contributed by atoms with Crippen molar-refractivity contribution in [3.63, 3.8) is 0 Å². The number of pyridine rings is 1. The number of ketones is 1. The van der Waals surface area contributed by atoms with Crippen molar-refractivity contribution in [2.24, 2.45) is 0 Å². The Bertz CT molecular complexity index is 947. The van der Waals surface area contributed by atoms with Gasteiger partial charge in [-0.25, -0.2) is 4.98 Å². The maximum absolute atomic E-state index is 12.3. The third-order valence-corrected chi connectivity index (χ3v) is 4.51. The average molecular weight is 481 g/mol. The van der Waals surface area contributed by atoms with Crippen LogP contribution in [-0.4, -0.2) is 48.1 Å². The highest BCUT2D eigenvalue weighted by Crippen LogP contribution is 2.30. The Balaban J connectivity index is 0.000000718. The number of nitrogens with zero attached hydrogens (tertiary/aromatic N) is 2.